The number of hydrazine groups is 1. The molecule has 0 spiro atoms. The predicted molar refractivity (Wildman–Crippen MR) is 125 cm³/mol. The summed E-state index contributed by atoms with van der Waals surface area (Å²) in [6.07, 6.45) is 2.51. The van der Waals surface area contributed by atoms with E-state index >= 15 is 0 Å². The van der Waals surface area contributed by atoms with Crippen molar-refractivity contribution in [1.82, 2.24) is 10.3 Å². The maximum atomic E-state index is 12.0. The van der Waals surface area contributed by atoms with Gasteiger partial charge in [-0.15, -0.1) is 0 Å². The van der Waals surface area contributed by atoms with E-state index in [4.69, 9.17) is 31.5 Å². The number of benzene rings is 1. The molecule has 0 aromatic heterocycles. The first-order chi connectivity index (χ1) is 16.0. The van der Waals surface area contributed by atoms with Crippen LogP contribution in [-0.2, 0) is 23.8 Å². The van der Waals surface area contributed by atoms with Crippen LogP contribution in [-0.4, -0.2) is 76.1 Å². The molecule has 0 radical (unpaired) electrons. The van der Waals surface area contributed by atoms with Gasteiger partial charge in [-0.1, -0.05) is 12.1 Å². The zero-order valence-corrected chi connectivity index (χ0v) is 19.0. The molecule has 0 aliphatic carbocycles. The van der Waals surface area contributed by atoms with Gasteiger partial charge in [-0.05, 0) is 24.1 Å². The average molecular weight is 465 g/mol. The van der Waals surface area contributed by atoms with Gasteiger partial charge >= 0.3 is 0 Å². The summed E-state index contributed by atoms with van der Waals surface area (Å²) in [4.78, 5) is 23.4. The molecule has 1 saturated heterocycles. The number of carbonyl (C=O) groups is 2. The molecule has 1 aromatic rings. The second kappa shape index (κ2) is 15.2. The summed E-state index contributed by atoms with van der Waals surface area (Å²) in [5, 5.41) is 7.13. The lowest BCUT2D eigenvalue weighted by Gasteiger charge is -2.21. The first-order valence-electron chi connectivity index (χ1n) is 11.1. The largest absolute Gasteiger partial charge is 0.399 e. The van der Waals surface area contributed by atoms with E-state index in [9.17, 15) is 9.59 Å². The van der Waals surface area contributed by atoms with E-state index in [1.165, 1.54) is 5.01 Å². The van der Waals surface area contributed by atoms with Gasteiger partial charge in [0.2, 0.25) is 11.8 Å². The number of rotatable bonds is 16. The lowest BCUT2D eigenvalue weighted by Crippen LogP contribution is -2.39. The summed E-state index contributed by atoms with van der Waals surface area (Å²) in [5.41, 5.74) is 13.5. The molecule has 0 bridgehead atoms. The van der Waals surface area contributed by atoms with Gasteiger partial charge in [0, 0.05) is 31.4 Å². The highest BCUT2D eigenvalue weighted by atomic mass is 16.5. The minimum Gasteiger partial charge on any atom is -0.399 e. The van der Waals surface area contributed by atoms with Gasteiger partial charge in [-0.3, -0.25) is 14.9 Å². The van der Waals surface area contributed by atoms with E-state index in [0.29, 0.717) is 71.2 Å². The molecule has 2 rings (SSSR count). The fourth-order valence-electron chi connectivity index (χ4n) is 3.22. The molecule has 8 N–H and O–H groups in total. The highest BCUT2D eigenvalue weighted by Crippen LogP contribution is 2.26. The summed E-state index contributed by atoms with van der Waals surface area (Å²) in [5.74, 6) is 5.09. The Morgan fingerprint density at radius 2 is 1.94 bits per heavy atom. The van der Waals surface area contributed by atoms with E-state index in [2.05, 4.69) is 10.6 Å². The second-order valence-corrected chi connectivity index (χ2v) is 7.56. The Bertz CT molecular complexity index is 775. The molecule has 11 nitrogen and oxygen atoms in total. The summed E-state index contributed by atoms with van der Waals surface area (Å²) in [6, 6.07) is 7.67. The Kier molecular flexibility index (Phi) is 12.2. The SMILES string of the molecule is NCCOC/C(N)=C/N(N)CCOCCOCCNc1cccc(C2CCC(=O)NC2=O)c1. The maximum Gasteiger partial charge on any atom is 0.234 e. The van der Waals surface area contributed by atoms with Crippen LogP contribution in [0.25, 0.3) is 0 Å². The number of carbonyl (C=O) groups excluding carboxylic acids is 2. The molecule has 2 amide bonds. The van der Waals surface area contributed by atoms with Crippen molar-refractivity contribution in [1.29, 1.82) is 0 Å². The zero-order chi connectivity index (χ0) is 23.9. The van der Waals surface area contributed by atoms with Gasteiger partial charge in [0.15, 0.2) is 0 Å². The summed E-state index contributed by atoms with van der Waals surface area (Å²) >= 11 is 0. The summed E-state index contributed by atoms with van der Waals surface area (Å²) < 4.78 is 16.3. The quantitative estimate of drug-likeness (QED) is 0.0940. The molecule has 1 aliphatic rings. The molecule has 1 heterocycles. The Hall–Kier alpha value is -2.70. The van der Waals surface area contributed by atoms with E-state index in [1.807, 2.05) is 24.3 Å². The molecule has 1 aliphatic heterocycles. The molecule has 0 saturated carbocycles. The number of nitrogens with zero attached hydrogens (tertiary/aromatic N) is 1. The van der Waals surface area contributed by atoms with Crippen LogP contribution in [0, 0.1) is 0 Å². The third kappa shape index (κ3) is 10.6. The molecule has 1 fully saturated rings. The number of hydrogen-bond donors (Lipinski definition) is 5. The first-order valence-corrected chi connectivity index (χ1v) is 11.1. The summed E-state index contributed by atoms with van der Waals surface area (Å²) in [6.45, 7) is 4.17. The minimum atomic E-state index is -0.293. The minimum absolute atomic E-state index is 0.210. The van der Waals surface area contributed by atoms with Crippen LogP contribution in [0.15, 0.2) is 36.2 Å². The topological polar surface area (TPSA) is 167 Å². The third-order valence-electron chi connectivity index (χ3n) is 4.83. The van der Waals surface area contributed by atoms with E-state index < -0.39 is 0 Å². The normalized spacial score (nSPS) is 16.5. The lowest BCUT2D eigenvalue weighted by atomic mass is 9.90. The molecular formula is C22H36N6O5. The van der Waals surface area contributed by atoms with Crippen molar-refractivity contribution in [2.75, 3.05) is 64.6 Å². The molecule has 33 heavy (non-hydrogen) atoms. The van der Waals surface area contributed by atoms with E-state index in [0.717, 1.165) is 11.3 Å². The molecule has 1 unspecified atom stereocenters. The van der Waals surface area contributed by atoms with E-state index in [-0.39, 0.29) is 24.3 Å². The van der Waals surface area contributed by atoms with Gasteiger partial charge in [0.1, 0.15) is 0 Å². The molecular weight excluding hydrogens is 428 g/mol. The van der Waals surface area contributed by atoms with Crippen molar-refractivity contribution in [3.05, 3.63) is 41.7 Å². The molecule has 11 heteroatoms. The van der Waals surface area contributed by atoms with Crippen molar-refractivity contribution in [3.63, 3.8) is 0 Å². The van der Waals surface area contributed by atoms with Crippen LogP contribution < -0.4 is 27.9 Å². The predicted octanol–water partition coefficient (Wildman–Crippen LogP) is -0.397. The highest BCUT2D eigenvalue weighted by molar-refractivity contribution is 6.01. The van der Waals surface area contributed by atoms with E-state index in [1.54, 1.807) is 6.20 Å². The van der Waals surface area contributed by atoms with Crippen molar-refractivity contribution in [2.24, 2.45) is 17.3 Å². The standard InChI is InChI=1S/C22H36N6O5/c23-6-9-33-16-18(24)15-28(25)8-11-32-13-12-31-10-7-26-19-3-1-2-17(14-19)20-4-5-21(29)27-22(20)30/h1-3,14-15,20,26H,4-13,16,23-25H2,(H,27,29,30)/b18-15-. The lowest BCUT2D eigenvalue weighted by molar-refractivity contribution is -0.134. The van der Waals surface area contributed by atoms with Crippen LogP contribution in [0.2, 0.25) is 0 Å². The Morgan fingerprint density at radius 3 is 2.70 bits per heavy atom. The van der Waals surface area contributed by atoms with Crippen molar-refractivity contribution in [2.45, 2.75) is 18.8 Å². The highest BCUT2D eigenvalue weighted by Gasteiger charge is 2.27. The maximum absolute atomic E-state index is 12.0. The van der Waals surface area contributed by atoms with Crippen LogP contribution in [0.1, 0.15) is 24.3 Å². The fourth-order valence-corrected chi connectivity index (χ4v) is 3.22. The first kappa shape index (κ1) is 26.6. The van der Waals surface area contributed by atoms with Crippen LogP contribution in [0.4, 0.5) is 5.69 Å². The number of amides is 2. The van der Waals surface area contributed by atoms with Crippen molar-refractivity contribution < 1.29 is 23.8 Å². The monoisotopic (exact) mass is 464 g/mol. The number of imide groups is 1. The molecule has 1 aromatic carbocycles. The van der Waals surface area contributed by atoms with Crippen LogP contribution in [0.3, 0.4) is 0 Å². The molecule has 1 atom stereocenters. The second-order valence-electron chi connectivity index (χ2n) is 7.56. The Labute approximate surface area is 194 Å². The third-order valence-corrected chi connectivity index (χ3v) is 4.83. The smallest absolute Gasteiger partial charge is 0.234 e. The van der Waals surface area contributed by atoms with Crippen molar-refractivity contribution in [3.8, 4) is 0 Å². The van der Waals surface area contributed by atoms with Crippen LogP contribution >= 0.6 is 0 Å². The number of nitrogens with one attached hydrogen (secondary N) is 2. The average Bonchev–Trinajstić information content (AvgIpc) is 2.78. The fraction of sp³-hybridized carbons (Fsp3) is 0.545. The Morgan fingerprint density at radius 1 is 1.15 bits per heavy atom. The zero-order valence-electron chi connectivity index (χ0n) is 19.0. The number of ether oxygens (including phenoxy) is 3. The van der Waals surface area contributed by atoms with Gasteiger partial charge < -0.3 is 36.0 Å². The van der Waals surface area contributed by atoms with Gasteiger partial charge in [-0.2, -0.15) is 0 Å². The van der Waals surface area contributed by atoms with Gasteiger partial charge in [0.25, 0.3) is 0 Å². The van der Waals surface area contributed by atoms with Gasteiger partial charge in [-0.25, -0.2) is 5.84 Å². The van der Waals surface area contributed by atoms with Crippen LogP contribution in [0.5, 0.6) is 0 Å². The molecule has 184 valence electrons. The number of anilines is 1. The number of nitrogens with two attached hydrogens (primary N) is 3. The summed E-state index contributed by atoms with van der Waals surface area (Å²) in [7, 11) is 0. The van der Waals surface area contributed by atoms with Crippen molar-refractivity contribution >= 4 is 17.5 Å². The number of hydrogen-bond acceptors (Lipinski definition) is 10. The van der Waals surface area contributed by atoms with Gasteiger partial charge in [0.05, 0.1) is 57.8 Å². The Balaban J connectivity index is 1.53. The number of piperidine rings is 1.